The third-order valence-electron chi connectivity index (χ3n) is 1.60. The molecule has 0 aromatic carbocycles. The first-order valence-electron chi connectivity index (χ1n) is 3.71. The average Bonchev–Trinajstić information content (AvgIpc) is 2.36. The van der Waals surface area contributed by atoms with Crippen molar-refractivity contribution in [1.29, 1.82) is 0 Å². The molecule has 1 aromatic rings. The van der Waals surface area contributed by atoms with Crippen LogP contribution < -0.4 is 5.32 Å². The Balaban J connectivity index is 2.60. The molecule has 0 aliphatic heterocycles. The SMILES string of the molecule is CCNC(C)c1csc(Cl)c1. The van der Waals surface area contributed by atoms with E-state index >= 15 is 0 Å². The Bertz CT molecular complexity index is 222. The van der Waals surface area contributed by atoms with E-state index in [0.717, 1.165) is 10.9 Å². The maximum absolute atomic E-state index is 5.80. The predicted octanol–water partition coefficient (Wildman–Crippen LogP) is 3.07. The summed E-state index contributed by atoms with van der Waals surface area (Å²) in [6, 6.07) is 2.43. The van der Waals surface area contributed by atoms with Gasteiger partial charge < -0.3 is 5.32 Å². The minimum atomic E-state index is 0.420. The Hall–Kier alpha value is -0.0500. The molecule has 1 heterocycles. The molecule has 11 heavy (non-hydrogen) atoms. The molecule has 1 N–H and O–H groups in total. The highest BCUT2D eigenvalue weighted by Crippen LogP contribution is 2.24. The van der Waals surface area contributed by atoms with Gasteiger partial charge in [0.15, 0.2) is 0 Å². The highest BCUT2D eigenvalue weighted by molar-refractivity contribution is 7.14. The fraction of sp³-hybridized carbons (Fsp3) is 0.500. The summed E-state index contributed by atoms with van der Waals surface area (Å²) >= 11 is 7.38. The van der Waals surface area contributed by atoms with Gasteiger partial charge >= 0.3 is 0 Å². The van der Waals surface area contributed by atoms with Gasteiger partial charge in [0.05, 0.1) is 4.34 Å². The molecule has 0 bridgehead atoms. The lowest BCUT2D eigenvalue weighted by Gasteiger charge is -2.08. The third-order valence-corrected chi connectivity index (χ3v) is 2.71. The molecule has 0 aliphatic rings. The van der Waals surface area contributed by atoms with Crippen LogP contribution in [0.3, 0.4) is 0 Å². The smallest absolute Gasteiger partial charge is 0.0931 e. The fourth-order valence-corrected chi connectivity index (χ4v) is 1.96. The van der Waals surface area contributed by atoms with Gasteiger partial charge in [-0.25, -0.2) is 0 Å². The molecule has 62 valence electrons. The van der Waals surface area contributed by atoms with Gasteiger partial charge in [0.25, 0.3) is 0 Å². The van der Waals surface area contributed by atoms with Crippen LogP contribution in [0.5, 0.6) is 0 Å². The molecule has 3 heteroatoms. The summed E-state index contributed by atoms with van der Waals surface area (Å²) in [4.78, 5) is 0. The molecule has 1 atom stereocenters. The third kappa shape index (κ3) is 2.47. The molecule has 0 saturated carbocycles. The molecule has 0 radical (unpaired) electrons. The highest BCUT2D eigenvalue weighted by atomic mass is 35.5. The maximum atomic E-state index is 5.80. The van der Waals surface area contributed by atoms with Crippen molar-refractivity contribution in [1.82, 2.24) is 5.32 Å². The van der Waals surface area contributed by atoms with E-state index in [4.69, 9.17) is 11.6 Å². The minimum Gasteiger partial charge on any atom is -0.310 e. The molecule has 0 saturated heterocycles. The summed E-state index contributed by atoms with van der Waals surface area (Å²) < 4.78 is 0.866. The lowest BCUT2D eigenvalue weighted by Crippen LogP contribution is -2.16. The van der Waals surface area contributed by atoms with Crippen molar-refractivity contribution in [2.75, 3.05) is 6.54 Å². The standard InChI is InChI=1S/C8H12ClNS/c1-3-10-6(2)7-4-8(9)11-5-7/h4-6,10H,3H2,1-2H3. The van der Waals surface area contributed by atoms with Crippen molar-refractivity contribution in [3.63, 3.8) is 0 Å². The van der Waals surface area contributed by atoms with Crippen molar-refractivity contribution in [2.24, 2.45) is 0 Å². The van der Waals surface area contributed by atoms with Gasteiger partial charge in [0.2, 0.25) is 0 Å². The quantitative estimate of drug-likeness (QED) is 0.771. The van der Waals surface area contributed by atoms with Gasteiger partial charge in [0, 0.05) is 6.04 Å². The summed E-state index contributed by atoms with van der Waals surface area (Å²) in [7, 11) is 0. The van der Waals surface area contributed by atoms with Crippen molar-refractivity contribution in [3.05, 3.63) is 21.3 Å². The van der Waals surface area contributed by atoms with Crippen LogP contribution in [0.1, 0.15) is 25.5 Å². The van der Waals surface area contributed by atoms with Crippen LogP contribution in [0.25, 0.3) is 0 Å². The molecular formula is C8H12ClNS. The van der Waals surface area contributed by atoms with Gasteiger partial charge in [-0.15, -0.1) is 11.3 Å². The van der Waals surface area contributed by atoms with Gasteiger partial charge in [-0.2, -0.15) is 0 Å². The minimum absolute atomic E-state index is 0.420. The van der Waals surface area contributed by atoms with Gasteiger partial charge in [0.1, 0.15) is 0 Å². The first-order valence-corrected chi connectivity index (χ1v) is 4.97. The summed E-state index contributed by atoms with van der Waals surface area (Å²) in [5.41, 5.74) is 1.28. The number of rotatable bonds is 3. The van der Waals surface area contributed by atoms with E-state index in [2.05, 4.69) is 24.5 Å². The van der Waals surface area contributed by atoms with E-state index in [0.29, 0.717) is 6.04 Å². The Morgan fingerprint density at radius 1 is 1.73 bits per heavy atom. The van der Waals surface area contributed by atoms with Gasteiger partial charge in [-0.05, 0) is 30.5 Å². The predicted molar refractivity (Wildman–Crippen MR) is 51.4 cm³/mol. The number of halogens is 1. The van der Waals surface area contributed by atoms with Crippen molar-refractivity contribution in [3.8, 4) is 0 Å². The summed E-state index contributed by atoms with van der Waals surface area (Å²) in [5.74, 6) is 0. The number of nitrogens with one attached hydrogen (secondary N) is 1. The molecule has 0 amide bonds. The Morgan fingerprint density at radius 3 is 2.91 bits per heavy atom. The lowest BCUT2D eigenvalue weighted by atomic mass is 10.2. The zero-order valence-corrected chi connectivity index (χ0v) is 8.30. The monoisotopic (exact) mass is 189 g/mol. The summed E-state index contributed by atoms with van der Waals surface area (Å²) in [5, 5.41) is 5.42. The van der Waals surface area contributed by atoms with Crippen LogP contribution in [0.4, 0.5) is 0 Å². The van der Waals surface area contributed by atoms with E-state index in [9.17, 15) is 0 Å². The second-order valence-corrected chi connectivity index (χ2v) is 4.01. The molecular weight excluding hydrogens is 178 g/mol. The first-order chi connectivity index (χ1) is 5.24. The molecule has 0 aliphatic carbocycles. The highest BCUT2D eigenvalue weighted by Gasteiger charge is 2.04. The fourth-order valence-electron chi connectivity index (χ4n) is 0.975. The summed E-state index contributed by atoms with van der Waals surface area (Å²) in [6.07, 6.45) is 0. The van der Waals surface area contributed by atoms with E-state index in [1.165, 1.54) is 5.56 Å². The van der Waals surface area contributed by atoms with Crippen molar-refractivity contribution in [2.45, 2.75) is 19.9 Å². The Morgan fingerprint density at radius 2 is 2.45 bits per heavy atom. The topological polar surface area (TPSA) is 12.0 Å². The number of hydrogen-bond donors (Lipinski definition) is 1. The van der Waals surface area contributed by atoms with E-state index in [-0.39, 0.29) is 0 Å². The summed E-state index contributed by atoms with van der Waals surface area (Å²) in [6.45, 7) is 5.24. The van der Waals surface area contributed by atoms with Crippen LogP contribution >= 0.6 is 22.9 Å². The van der Waals surface area contributed by atoms with Gasteiger partial charge in [-0.3, -0.25) is 0 Å². The molecule has 1 aromatic heterocycles. The Labute approximate surface area is 76.4 Å². The second-order valence-electron chi connectivity index (χ2n) is 2.46. The van der Waals surface area contributed by atoms with E-state index < -0.39 is 0 Å². The van der Waals surface area contributed by atoms with Crippen LogP contribution in [0.15, 0.2) is 11.4 Å². The second kappa shape index (κ2) is 4.10. The largest absolute Gasteiger partial charge is 0.310 e. The normalized spacial score (nSPS) is 13.4. The van der Waals surface area contributed by atoms with Crippen LogP contribution in [0.2, 0.25) is 4.34 Å². The number of hydrogen-bond acceptors (Lipinski definition) is 2. The molecule has 1 unspecified atom stereocenters. The first kappa shape index (κ1) is 9.04. The number of thiophene rings is 1. The Kier molecular flexibility index (Phi) is 3.37. The molecule has 0 fully saturated rings. The van der Waals surface area contributed by atoms with Gasteiger partial charge in [-0.1, -0.05) is 18.5 Å². The van der Waals surface area contributed by atoms with Crippen molar-refractivity contribution < 1.29 is 0 Å². The van der Waals surface area contributed by atoms with Crippen LogP contribution in [0, 0.1) is 0 Å². The zero-order valence-electron chi connectivity index (χ0n) is 6.73. The zero-order chi connectivity index (χ0) is 8.27. The van der Waals surface area contributed by atoms with E-state index in [1.54, 1.807) is 11.3 Å². The van der Waals surface area contributed by atoms with Crippen LogP contribution in [-0.4, -0.2) is 6.54 Å². The lowest BCUT2D eigenvalue weighted by molar-refractivity contribution is 0.600. The maximum Gasteiger partial charge on any atom is 0.0931 e. The molecule has 1 nitrogen and oxygen atoms in total. The average molecular weight is 190 g/mol. The van der Waals surface area contributed by atoms with Crippen LogP contribution in [-0.2, 0) is 0 Å². The molecule has 0 spiro atoms. The van der Waals surface area contributed by atoms with E-state index in [1.807, 2.05) is 6.07 Å². The molecule has 1 rings (SSSR count). The van der Waals surface area contributed by atoms with Crippen molar-refractivity contribution >= 4 is 22.9 Å².